The monoisotopic (exact) mass is 289 g/mol. The molecule has 0 bridgehead atoms. The SMILES string of the molecule is CC(O)C1CCN(c2cc(C(F)(F)F)cc(N)n2)CC1. The molecule has 1 fully saturated rings. The van der Waals surface area contributed by atoms with Crippen molar-refractivity contribution in [3.63, 3.8) is 0 Å². The molecule has 0 radical (unpaired) electrons. The number of anilines is 2. The van der Waals surface area contributed by atoms with Gasteiger partial charge in [-0.15, -0.1) is 0 Å². The third-order valence-corrected chi connectivity index (χ3v) is 3.70. The fraction of sp³-hybridized carbons (Fsp3) is 0.615. The molecule has 1 unspecified atom stereocenters. The van der Waals surface area contributed by atoms with Crippen LogP contribution in [0.4, 0.5) is 24.8 Å². The second-order valence-corrected chi connectivity index (χ2v) is 5.20. The molecule has 7 heteroatoms. The first kappa shape index (κ1) is 14.9. The van der Waals surface area contributed by atoms with E-state index in [-0.39, 0.29) is 17.6 Å². The number of aliphatic hydroxyl groups is 1. The number of aliphatic hydroxyl groups excluding tert-OH is 1. The Bertz CT molecular complexity index is 468. The molecule has 1 saturated heterocycles. The van der Waals surface area contributed by atoms with E-state index in [1.54, 1.807) is 11.8 Å². The summed E-state index contributed by atoms with van der Waals surface area (Å²) in [5.41, 5.74) is 4.68. The summed E-state index contributed by atoms with van der Waals surface area (Å²) < 4.78 is 38.2. The van der Waals surface area contributed by atoms with Crippen molar-refractivity contribution in [2.24, 2.45) is 5.92 Å². The van der Waals surface area contributed by atoms with Gasteiger partial charge in [-0.1, -0.05) is 0 Å². The van der Waals surface area contributed by atoms with E-state index in [1.165, 1.54) is 0 Å². The highest BCUT2D eigenvalue weighted by atomic mass is 19.4. The van der Waals surface area contributed by atoms with Crippen molar-refractivity contribution in [3.05, 3.63) is 17.7 Å². The van der Waals surface area contributed by atoms with Crippen LogP contribution in [-0.4, -0.2) is 29.3 Å². The molecule has 0 spiro atoms. The molecule has 2 rings (SSSR count). The Kier molecular flexibility index (Phi) is 4.08. The van der Waals surface area contributed by atoms with Crippen LogP contribution in [0, 0.1) is 5.92 Å². The smallest absolute Gasteiger partial charge is 0.393 e. The second-order valence-electron chi connectivity index (χ2n) is 5.20. The van der Waals surface area contributed by atoms with Crippen LogP contribution < -0.4 is 10.6 Å². The lowest BCUT2D eigenvalue weighted by atomic mass is 9.92. The van der Waals surface area contributed by atoms with Crippen LogP contribution in [0.25, 0.3) is 0 Å². The lowest BCUT2D eigenvalue weighted by molar-refractivity contribution is -0.137. The Morgan fingerprint density at radius 2 is 1.95 bits per heavy atom. The Balaban J connectivity index is 2.16. The molecule has 4 nitrogen and oxygen atoms in total. The van der Waals surface area contributed by atoms with E-state index in [9.17, 15) is 18.3 Å². The number of aromatic nitrogens is 1. The minimum Gasteiger partial charge on any atom is -0.393 e. The minimum absolute atomic E-state index is 0.132. The lowest BCUT2D eigenvalue weighted by Crippen LogP contribution is -2.37. The molecule has 1 aliphatic rings. The van der Waals surface area contributed by atoms with Gasteiger partial charge in [0, 0.05) is 13.1 Å². The Morgan fingerprint density at radius 3 is 2.45 bits per heavy atom. The fourth-order valence-corrected chi connectivity index (χ4v) is 2.47. The van der Waals surface area contributed by atoms with Crippen LogP contribution in [0.15, 0.2) is 12.1 Å². The Morgan fingerprint density at radius 1 is 1.35 bits per heavy atom. The third-order valence-electron chi connectivity index (χ3n) is 3.70. The van der Waals surface area contributed by atoms with E-state index in [0.717, 1.165) is 25.0 Å². The van der Waals surface area contributed by atoms with Crippen LogP contribution in [0.2, 0.25) is 0 Å². The van der Waals surface area contributed by atoms with E-state index >= 15 is 0 Å². The summed E-state index contributed by atoms with van der Waals surface area (Å²) in [5.74, 6) is 0.309. The maximum atomic E-state index is 12.7. The van der Waals surface area contributed by atoms with Crippen LogP contribution in [0.1, 0.15) is 25.3 Å². The van der Waals surface area contributed by atoms with Crippen LogP contribution in [-0.2, 0) is 6.18 Å². The number of nitrogens with zero attached hydrogens (tertiary/aromatic N) is 2. The highest BCUT2D eigenvalue weighted by Crippen LogP contribution is 2.33. The first-order valence-electron chi connectivity index (χ1n) is 6.55. The van der Waals surface area contributed by atoms with Gasteiger partial charge < -0.3 is 15.7 Å². The van der Waals surface area contributed by atoms with Gasteiger partial charge in [0.05, 0.1) is 11.7 Å². The summed E-state index contributed by atoms with van der Waals surface area (Å²) in [5, 5.41) is 9.53. The molecule has 0 aromatic carbocycles. The first-order chi connectivity index (χ1) is 9.27. The van der Waals surface area contributed by atoms with Gasteiger partial charge in [-0.25, -0.2) is 4.98 Å². The number of alkyl halides is 3. The van der Waals surface area contributed by atoms with E-state index in [1.807, 2.05) is 0 Å². The molecule has 112 valence electrons. The van der Waals surface area contributed by atoms with Gasteiger partial charge in [0.15, 0.2) is 0 Å². The predicted molar refractivity (Wildman–Crippen MR) is 70.3 cm³/mol. The van der Waals surface area contributed by atoms with Crippen LogP contribution in [0.3, 0.4) is 0 Å². The van der Waals surface area contributed by atoms with E-state index in [2.05, 4.69) is 4.98 Å². The minimum atomic E-state index is -4.43. The molecule has 1 aromatic rings. The molecule has 0 aliphatic carbocycles. The summed E-state index contributed by atoms with van der Waals surface area (Å²) in [6.45, 7) is 2.88. The van der Waals surface area contributed by atoms with Crippen molar-refractivity contribution < 1.29 is 18.3 Å². The predicted octanol–water partition coefficient (Wildman–Crippen LogP) is 2.28. The van der Waals surface area contributed by atoms with Crippen molar-refractivity contribution in [1.29, 1.82) is 0 Å². The van der Waals surface area contributed by atoms with Crippen LogP contribution >= 0.6 is 0 Å². The van der Waals surface area contributed by atoms with Gasteiger partial charge in [-0.05, 0) is 37.8 Å². The standard InChI is InChI=1S/C13H18F3N3O/c1-8(20)9-2-4-19(5-3-9)12-7-10(13(14,15)16)6-11(17)18-12/h6-9,20H,2-5H2,1H3,(H2,17,18). The Labute approximate surface area is 115 Å². The number of rotatable bonds is 2. The first-order valence-corrected chi connectivity index (χ1v) is 6.55. The van der Waals surface area contributed by atoms with Gasteiger partial charge in [-0.3, -0.25) is 0 Å². The number of hydrogen-bond acceptors (Lipinski definition) is 4. The highest BCUT2D eigenvalue weighted by Gasteiger charge is 2.32. The number of hydrogen-bond donors (Lipinski definition) is 2. The maximum absolute atomic E-state index is 12.7. The summed E-state index contributed by atoms with van der Waals surface area (Å²) in [6, 6.07) is 1.87. The average molecular weight is 289 g/mol. The molecule has 0 saturated carbocycles. The molecular formula is C13H18F3N3O. The fourth-order valence-electron chi connectivity index (χ4n) is 2.47. The van der Waals surface area contributed by atoms with Crippen molar-refractivity contribution in [2.45, 2.75) is 32.0 Å². The zero-order valence-electron chi connectivity index (χ0n) is 11.2. The highest BCUT2D eigenvalue weighted by molar-refractivity contribution is 5.49. The number of pyridine rings is 1. The van der Waals surface area contributed by atoms with Gasteiger partial charge in [0.25, 0.3) is 0 Å². The molecule has 1 atom stereocenters. The zero-order valence-corrected chi connectivity index (χ0v) is 11.2. The molecule has 0 amide bonds. The van der Waals surface area contributed by atoms with E-state index in [0.29, 0.717) is 13.1 Å². The van der Waals surface area contributed by atoms with Gasteiger partial charge in [-0.2, -0.15) is 13.2 Å². The lowest BCUT2D eigenvalue weighted by Gasteiger charge is -2.34. The molecule has 1 aromatic heterocycles. The molecule has 2 heterocycles. The summed E-state index contributed by atoms with van der Waals surface area (Å²) in [7, 11) is 0. The van der Waals surface area contributed by atoms with Gasteiger partial charge in [0.2, 0.25) is 0 Å². The summed E-state index contributed by atoms with van der Waals surface area (Å²) >= 11 is 0. The topological polar surface area (TPSA) is 62.4 Å². The normalized spacial score (nSPS) is 19.1. The van der Waals surface area contributed by atoms with Crippen molar-refractivity contribution in [2.75, 3.05) is 23.7 Å². The third kappa shape index (κ3) is 3.33. The van der Waals surface area contributed by atoms with Crippen molar-refractivity contribution >= 4 is 11.6 Å². The van der Waals surface area contributed by atoms with Gasteiger partial charge >= 0.3 is 6.18 Å². The molecule has 3 N–H and O–H groups in total. The van der Waals surface area contributed by atoms with Crippen LogP contribution in [0.5, 0.6) is 0 Å². The van der Waals surface area contributed by atoms with Crippen molar-refractivity contribution in [3.8, 4) is 0 Å². The second kappa shape index (κ2) is 5.47. The van der Waals surface area contributed by atoms with Crippen molar-refractivity contribution in [1.82, 2.24) is 4.98 Å². The number of halogens is 3. The molecule has 1 aliphatic heterocycles. The molecular weight excluding hydrogens is 271 g/mol. The quantitative estimate of drug-likeness (QED) is 0.877. The average Bonchev–Trinajstić information content (AvgIpc) is 2.37. The van der Waals surface area contributed by atoms with E-state index < -0.39 is 17.8 Å². The number of nitrogen functional groups attached to an aromatic ring is 1. The largest absolute Gasteiger partial charge is 0.416 e. The number of nitrogens with two attached hydrogens (primary N) is 1. The summed E-state index contributed by atoms with van der Waals surface area (Å²) in [4.78, 5) is 5.76. The van der Waals surface area contributed by atoms with Gasteiger partial charge in [0.1, 0.15) is 11.6 Å². The Hall–Kier alpha value is -1.50. The maximum Gasteiger partial charge on any atom is 0.416 e. The summed E-state index contributed by atoms with van der Waals surface area (Å²) in [6.07, 6.45) is -3.36. The number of piperidine rings is 1. The zero-order chi connectivity index (χ0) is 14.9. The van der Waals surface area contributed by atoms with E-state index in [4.69, 9.17) is 5.73 Å². The molecule has 20 heavy (non-hydrogen) atoms.